The molecule has 0 bridgehead atoms. The summed E-state index contributed by atoms with van der Waals surface area (Å²) in [4.78, 5) is 14.8. The van der Waals surface area contributed by atoms with E-state index >= 15 is 4.39 Å². The molecule has 1 aromatic rings. The Kier molecular flexibility index (Phi) is 11.5. The van der Waals surface area contributed by atoms with Gasteiger partial charge in [-0.25, -0.2) is 9.18 Å². The molecule has 1 fully saturated rings. The Labute approximate surface area is 208 Å². The lowest BCUT2D eigenvalue weighted by molar-refractivity contribution is -0.0589. The lowest BCUT2D eigenvalue weighted by atomic mass is 9.74. The second kappa shape index (κ2) is 13.6. The van der Waals surface area contributed by atoms with Crippen LogP contribution in [0.4, 0.5) is 9.18 Å². The fourth-order valence-corrected chi connectivity index (χ4v) is 4.96. The maximum Gasteiger partial charge on any atom is 0.317 e. The largest absolute Gasteiger partial charge is 0.391 e. The predicted octanol–water partition coefficient (Wildman–Crippen LogP) is 3.51. The molecule has 0 unspecified atom stereocenters. The standard InChI is InChI=1S/C25H41ClFN3O4/c1-17(2)23(31)21(15-28-3)29-24(32)30-13-8-9-18(16-30)25(33,12-5-6-14-34-4)19-10-7-11-20(26)22(19)27/h7,10-11,17-18,21,23,28,31,33H,5-6,8-9,12-16H2,1-4H3,(H,29,32)/t18-,21-,23+,25+/m1/s1. The number of unbranched alkanes of at least 4 members (excludes halogenated alkanes) is 1. The van der Waals surface area contributed by atoms with Gasteiger partial charge in [-0.3, -0.25) is 0 Å². The monoisotopic (exact) mass is 501 g/mol. The Hall–Kier alpha value is -1.45. The molecular weight excluding hydrogens is 461 g/mol. The first-order valence-corrected chi connectivity index (χ1v) is 12.6. The van der Waals surface area contributed by atoms with Crippen LogP contribution in [0.25, 0.3) is 0 Å². The van der Waals surface area contributed by atoms with E-state index in [9.17, 15) is 15.0 Å². The van der Waals surface area contributed by atoms with Crippen molar-refractivity contribution in [3.8, 4) is 0 Å². The quantitative estimate of drug-likeness (QED) is 0.329. The number of carbonyl (C=O) groups excluding carboxylic acids is 1. The van der Waals surface area contributed by atoms with Gasteiger partial charge >= 0.3 is 6.03 Å². The van der Waals surface area contributed by atoms with Crippen LogP contribution >= 0.6 is 11.6 Å². The third-order valence-corrected chi connectivity index (χ3v) is 7.08. The minimum absolute atomic E-state index is 0.0178. The Bertz CT molecular complexity index is 785. The molecule has 0 spiro atoms. The Morgan fingerprint density at radius 1 is 1.38 bits per heavy atom. The van der Waals surface area contributed by atoms with E-state index in [1.54, 1.807) is 31.2 Å². The molecule has 1 saturated heterocycles. The first-order valence-electron chi connectivity index (χ1n) is 12.2. The molecule has 34 heavy (non-hydrogen) atoms. The van der Waals surface area contributed by atoms with Gasteiger partial charge in [-0.05, 0) is 51.1 Å². The van der Waals surface area contributed by atoms with Gasteiger partial charge in [-0.2, -0.15) is 0 Å². The number of halogens is 2. The highest BCUT2D eigenvalue weighted by Gasteiger charge is 2.43. The number of rotatable bonds is 12. The highest BCUT2D eigenvalue weighted by atomic mass is 35.5. The van der Waals surface area contributed by atoms with Gasteiger partial charge in [0, 0.05) is 44.8 Å². The highest BCUT2D eigenvalue weighted by molar-refractivity contribution is 6.30. The second-order valence-corrected chi connectivity index (χ2v) is 10.0. The molecule has 9 heteroatoms. The summed E-state index contributed by atoms with van der Waals surface area (Å²) in [6.45, 7) is 5.60. The van der Waals surface area contributed by atoms with Crippen molar-refractivity contribution in [2.75, 3.05) is 40.4 Å². The van der Waals surface area contributed by atoms with Gasteiger partial charge in [-0.15, -0.1) is 0 Å². The fraction of sp³-hybridized carbons (Fsp3) is 0.720. The summed E-state index contributed by atoms with van der Waals surface area (Å²) in [6, 6.07) is 3.95. The van der Waals surface area contributed by atoms with Gasteiger partial charge in [-0.1, -0.05) is 37.6 Å². The molecule has 2 rings (SSSR count). The van der Waals surface area contributed by atoms with E-state index in [0.29, 0.717) is 45.4 Å². The molecule has 194 valence electrons. The minimum atomic E-state index is -1.47. The molecule has 1 aromatic carbocycles. The summed E-state index contributed by atoms with van der Waals surface area (Å²) >= 11 is 6.05. The smallest absolute Gasteiger partial charge is 0.317 e. The molecule has 7 nitrogen and oxygen atoms in total. The fourth-order valence-electron chi connectivity index (χ4n) is 4.78. The number of amides is 2. The van der Waals surface area contributed by atoms with Crippen molar-refractivity contribution < 1.29 is 24.1 Å². The van der Waals surface area contributed by atoms with Crippen LogP contribution in [0.5, 0.6) is 0 Å². The zero-order valence-corrected chi connectivity index (χ0v) is 21.6. The number of likely N-dealkylation sites (N-methyl/N-ethyl adjacent to an activating group) is 1. The molecule has 1 aliphatic rings. The molecule has 0 saturated carbocycles. The van der Waals surface area contributed by atoms with E-state index in [1.165, 1.54) is 6.07 Å². The van der Waals surface area contributed by atoms with Crippen molar-refractivity contribution in [1.82, 2.24) is 15.5 Å². The van der Waals surface area contributed by atoms with Crippen molar-refractivity contribution in [2.45, 2.75) is 63.7 Å². The average molecular weight is 502 g/mol. The van der Waals surface area contributed by atoms with Crippen LogP contribution in [0.15, 0.2) is 18.2 Å². The third-order valence-electron chi connectivity index (χ3n) is 6.79. The predicted molar refractivity (Wildman–Crippen MR) is 132 cm³/mol. The summed E-state index contributed by atoms with van der Waals surface area (Å²) in [5, 5.41) is 28.3. The van der Waals surface area contributed by atoms with E-state index in [4.69, 9.17) is 16.3 Å². The lowest BCUT2D eigenvalue weighted by Crippen LogP contribution is -2.57. The van der Waals surface area contributed by atoms with Crippen LogP contribution in [0.1, 0.15) is 51.5 Å². The molecule has 4 atom stereocenters. The van der Waals surface area contributed by atoms with Crippen LogP contribution in [0, 0.1) is 17.7 Å². The summed E-state index contributed by atoms with van der Waals surface area (Å²) in [5.41, 5.74) is -1.29. The van der Waals surface area contributed by atoms with Crippen molar-refractivity contribution in [3.05, 3.63) is 34.6 Å². The van der Waals surface area contributed by atoms with Gasteiger partial charge in [0.25, 0.3) is 0 Å². The van der Waals surface area contributed by atoms with E-state index in [-0.39, 0.29) is 35.0 Å². The van der Waals surface area contributed by atoms with Gasteiger partial charge in [0.1, 0.15) is 5.82 Å². The third kappa shape index (κ3) is 7.28. The lowest BCUT2D eigenvalue weighted by Gasteiger charge is -2.43. The molecule has 0 radical (unpaired) electrons. The second-order valence-electron chi connectivity index (χ2n) is 9.61. The maximum atomic E-state index is 15.1. The van der Waals surface area contributed by atoms with Crippen molar-refractivity contribution in [3.63, 3.8) is 0 Å². The number of piperidine rings is 1. The Morgan fingerprint density at radius 2 is 2.12 bits per heavy atom. The number of benzene rings is 1. The SMILES string of the molecule is CNC[C@@H](NC(=O)N1CCC[C@@H]([C@@](O)(CCCCOC)c2cccc(Cl)c2F)C1)[C@@H](O)C(C)C. The Morgan fingerprint density at radius 3 is 2.76 bits per heavy atom. The van der Waals surface area contributed by atoms with Crippen LogP contribution < -0.4 is 10.6 Å². The number of urea groups is 1. The first-order chi connectivity index (χ1) is 16.2. The number of aliphatic hydroxyl groups excluding tert-OH is 1. The molecule has 4 N–H and O–H groups in total. The number of ether oxygens (including phenoxy) is 1. The number of aliphatic hydroxyl groups is 2. The van der Waals surface area contributed by atoms with E-state index < -0.39 is 23.6 Å². The van der Waals surface area contributed by atoms with Crippen LogP contribution in [-0.2, 0) is 10.3 Å². The van der Waals surface area contributed by atoms with Gasteiger partial charge in [0.05, 0.1) is 22.8 Å². The zero-order valence-electron chi connectivity index (χ0n) is 20.8. The van der Waals surface area contributed by atoms with Crippen LogP contribution in [0.2, 0.25) is 5.02 Å². The van der Waals surface area contributed by atoms with Crippen molar-refractivity contribution in [2.24, 2.45) is 11.8 Å². The van der Waals surface area contributed by atoms with Gasteiger partial charge < -0.3 is 30.5 Å². The van der Waals surface area contributed by atoms with E-state index in [2.05, 4.69) is 10.6 Å². The number of hydrogen-bond acceptors (Lipinski definition) is 5. The number of nitrogens with zero attached hydrogens (tertiary/aromatic N) is 1. The number of methoxy groups -OCH3 is 1. The Balaban J connectivity index is 2.23. The van der Waals surface area contributed by atoms with E-state index in [1.807, 2.05) is 13.8 Å². The summed E-state index contributed by atoms with van der Waals surface area (Å²) < 4.78 is 20.2. The van der Waals surface area contributed by atoms with Gasteiger partial charge in [0.15, 0.2) is 0 Å². The normalized spacial score (nSPS) is 20.1. The molecular formula is C25H41ClFN3O4. The minimum Gasteiger partial charge on any atom is -0.391 e. The topological polar surface area (TPSA) is 94.1 Å². The molecule has 0 aromatic heterocycles. The molecule has 1 heterocycles. The van der Waals surface area contributed by atoms with Crippen molar-refractivity contribution >= 4 is 17.6 Å². The average Bonchev–Trinajstić information content (AvgIpc) is 2.82. The maximum absolute atomic E-state index is 15.1. The summed E-state index contributed by atoms with van der Waals surface area (Å²) in [5.74, 6) is -0.995. The zero-order chi connectivity index (χ0) is 25.3. The number of carbonyl (C=O) groups is 1. The number of likely N-dealkylation sites (tertiary alicyclic amines) is 1. The number of nitrogens with one attached hydrogen (secondary N) is 2. The molecule has 0 aliphatic carbocycles. The van der Waals surface area contributed by atoms with Crippen LogP contribution in [0.3, 0.4) is 0 Å². The number of hydrogen-bond donors (Lipinski definition) is 4. The van der Waals surface area contributed by atoms with E-state index in [0.717, 1.165) is 6.42 Å². The first kappa shape index (κ1) is 28.8. The van der Waals surface area contributed by atoms with Gasteiger partial charge in [0.2, 0.25) is 0 Å². The summed E-state index contributed by atoms with van der Waals surface area (Å²) in [7, 11) is 3.39. The van der Waals surface area contributed by atoms with Crippen molar-refractivity contribution in [1.29, 1.82) is 0 Å². The summed E-state index contributed by atoms with van der Waals surface area (Å²) in [6.07, 6.45) is 2.35. The molecule has 1 aliphatic heterocycles. The highest BCUT2D eigenvalue weighted by Crippen LogP contribution is 2.42. The molecule has 2 amide bonds. The van der Waals surface area contributed by atoms with Crippen LogP contribution in [-0.4, -0.2) is 73.7 Å².